The summed E-state index contributed by atoms with van der Waals surface area (Å²) in [4.78, 5) is 29.3. The third-order valence-corrected chi connectivity index (χ3v) is 5.10. The monoisotopic (exact) mass is 415 g/mol. The Balaban J connectivity index is 1.75. The molecule has 0 aliphatic rings. The zero-order valence-corrected chi connectivity index (χ0v) is 16.9. The number of nitrogens with two attached hydrogens (primary N) is 1. The number of benzene rings is 3. The lowest BCUT2D eigenvalue weighted by Gasteiger charge is -2.12. The molecule has 0 aliphatic heterocycles. The van der Waals surface area contributed by atoms with Crippen LogP contribution in [0.5, 0.6) is 0 Å². The van der Waals surface area contributed by atoms with Crippen molar-refractivity contribution in [2.75, 3.05) is 5.32 Å². The molecule has 148 valence electrons. The number of hydrogen-bond acceptors (Lipinski definition) is 3. The maximum Gasteiger partial charge on any atom is 0.256 e. The molecule has 5 nitrogen and oxygen atoms in total. The summed E-state index contributed by atoms with van der Waals surface area (Å²) in [7, 11) is 0. The average molecular weight is 416 g/mol. The summed E-state index contributed by atoms with van der Waals surface area (Å²) in [5.74, 6) is -0.770. The zero-order chi connectivity index (χ0) is 21.3. The fraction of sp³-hybridized carbons (Fsp3) is 0.0417. The predicted molar refractivity (Wildman–Crippen MR) is 120 cm³/mol. The quantitative estimate of drug-likeness (QED) is 0.479. The van der Waals surface area contributed by atoms with E-state index in [9.17, 15) is 9.59 Å². The molecule has 4 rings (SSSR count). The first-order valence-electron chi connectivity index (χ1n) is 9.30. The minimum atomic E-state index is -0.502. The highest BCUT2D eigenvalue weighted by Gasteiger charge is 2.15. The summed E-state index contributed by atoms with van der Waals surface area (Å²) in [6.07, 6.45) is 0. The van der Waals surface area contributed by atoms with Crippen molar-refractivity contribution in [3.63, 3.8) is 0 Å². The lowest BCUT2D eigenvalue weighted by atomic mass is 10.0. The van der Waals surface area contributed by atoms with E-state index in [1.54, 1.807) is 43.3 Å². The number of carbonyl (C=O) groups excluding carboxylic acids is 2. The van der Waals surface area contributed by atoms with Gasteiger partial charge in [0.25, 0.3) is 5.91 Å². The Morgan fingerprint density at radius 1 is 0.933 bits per heavy atom. The van der Waals surface area contributed by atoms with E-state index in [2.05, 4.69) is 5.32 Å². The second-order valence-electron chi connectivity index (χ2n) is 6.93. The van der Waals surface area contributed by atoms with E-state index in [1.165, 1.54) is 0 Å². The van der Waals surface area contributed by atoms with Gasteiger partial charge >= 0.3 is 0 Å². The SMILES string of the molecule is Cc1cc(NC(=O)c2cc(-c3ccc(Cl)cc3)nc3ccccc23)ccc1C(N)=O. The number of nitrogens with one attached hydrogen (secondary N) is 1. The number of rotatable bonds is 4. The Hall–Kier alpha value is -3.70. The van der Waals surface area contributed by atoms with Crippen LogP contribution in [0.15, 0.2) is 72.8 Å². The van der Waals surface area contributed by atoms with Crippen LogP contribution in [0.4, 0.5) is 5.69 Å². The van der Waals surface area contributed by atoms with Crippen LogP contribution in [0, 0.1) is 6.92 Å². The lowest BCUT2D eigenvalue weighted by Crippen LogP contribution is -2.15. The van der Waals surface area contributed by atoms with Crippen molar-refractivity contribution in [1.82, 2.24) is 4.98 Å². The van der Waals surface area contributed by atoms with E-state index in [0.717, 1.165) is 16.5 Å². The molecular formula is C24H18ClN3O2. The Morgan fingerprint density at radius 2 is 1.67 bits per heavy atom. The molecule has 0 saturated carbocycles. The first-order valence-corrected chi connectivity index (χ1v) is 9.68. The molecule has 3 N–H and O–H groups in total. The fourth-order valence-electron chi connectivity index (χ4n) is 3.35. The number of halogens is 1. The first-order chi connectivity index (χ1) is 14.4. The van der Waals surface area contributed by atoms with Gasteiger partial charge in [0.2, 0.25) is 5.91 Å². The number of aryl methyl sites for hydroxylation is 1. The molecule has 0 bridgehead atoms. The number of nitrogens with zero attached hydrogens (tertiary/aromatic N) is 1. The van der Waals surface area contributed by atoms with E-state index in [4.69, 9.17) is 22.3 Å². The maximum atomic E-state index is 13.1. The fourth-order valence-corrected chi connectivity index (χ4v) is 3.47. The minimum absolute atomic E-state index is 0.268. The van der Waals surface area contributed by atoms with Crippen LogP contribution in [-0.4, -0.2) is 16.8 Å². The van der Waals surface area contributed by atoms with Gasteiger partial charge in [0.15, 0.2) is 0 Å². The standard InChI is InChI=1S/C24H18ClN3O2/c1-14-12-17(10-11-18(14)23(26)29)27-24(30)20-13-22(15-6-8-16(25)9-7-15)28-21-5-3-2-4-19(20)21/h2-13H,1H3,(H2,26,29)(H,27,30). The molecule has 2 amide bonds. The van der Waals surface area contributed by atoms with Crippen LogP contribution in [0.3, 0.4) is 0 Å². The molecule has 4 aromatic rings. The second-order valence-corrected chi connectivity index (χ2v) is 7.36. The summed E-state index contributed by atoms with van der Waals surface area (Å²) in [6.45, 7) is 1.77. The molecule has 6 heteroatoms. The van der Waals surface area contributed by atoms with Gasteiger partial charge in [0, 0.05) is 27.2 Å². The van der Waals surface area contributed by atoms with Crippen molar-refractivity contribution in [1.29, 1.82) is 0 Å². The maximum absolute atomic E-state index is 13.1. The van der Waals surface area contributed by atoms with Gasteiger partial charge in [-0.05, 0) is 55.0 Å². The summed E-state index contributed by atoms with van der Waals surface area (Å²) in [6, 6.07) is 21.6. The first kappa shape index (κ1) is 19.6. The summed E-state index contributed by atoms with van der Waals surface area (Å²) in [5, 5.41) is 4.29. The van der Waals surface area contributed by atoms with Gasteiger partial charge in [0.05, 0.1) is 16.8 Å². The van der Waals surface area contributed by atoms with E-state index < -0.39 is 5.91 Å². The summed E-state index contributed by atoms with van der Waals surface area (Å²) < 4.78 is 0. The van der Waals surface area contributed by atoms with Gasteiger partial charge in [-0.2, -0.15) is 0 Å². The molecule has 1 heterocycles. The van der Waals surface area contributed by atoms with Crippen LogP contribution in [0.2, 0.25) is 5.02 Å². The number of para-hydroxylation sites is 1. The highest BCUT2D eigenvalue weighted by Crippen LogP contribution is 2.27. The van der Waals surface area contributed by atoms with Crippen molar-refractivity contribution in [2.45, 2.75) is 6.92 Å². The van der Waals surface area contributed by atoms with Crippen LogP contribution >= 0.6 is 11.6 Å². The number of amides is 2. The zero-order valence-electron chi connectivity index (χ0n) is 16.1. The molecule has 0 radical (unpaired) electrons. The molecule has 0 spiro atoms. The van der Waals surface area contributed by atoms with Crippen molar-refractivity contribution in [2.24, 2.45) is 5.73 Å². The van der Waals surface area contributed by atoms with Crippen LogP contribution in [-0.2, 0) is 0 Å². The van der Waals surface area contributed by atoms with Gasteiger partial charge < -0.3 is 11.1 Å². The molecule has 0 aliphatic carbocycles. The predicted octanol–water partition coefficient (Wildman–Crippen LogP) is 5.21. The third-order valence-electron chi connectivity index (χ3n) is 4.85. The average Bonchev–Trinajstić information content (AvgIpc) is 2.73. The number of primary amides is 1. The number of fused-ring (bicyclic) bond motifs is 1. The van der Waals surface area contributed by atoms with E-state index >= 15 is 0 Å². The van der Waals surface area contributed by atoms with Gasteiger partial charge in [-0.15, -0.1) is 0 Å². The number of pyridine rings is 1. The third kappa shape index (κ3) is 3.88. The number of hydrogen-bond donors (Lipinski definition) is 2. The second kappa shape index (κ2) is 7.97. The van der Waals surface area contributed by atoms with Gasteiger partial charge in [-0.3, -0.25) is 9.59 Å². The minimum Gasteiger partial charge on any atom is -0.366 e. The molecule has 1 aromatic heterocycles. The van der Waals surface area contributed by atoms with Crippen LogP contribution in [0.1, 0.15) is 26.3 Å². The van der Waals surface area contributed by atoms with Gasteiger partial charge in [-0.25, -0.2) is 4.98 Å². The van der Waals surface area contributed by atoms with Crippen LogP contribution < -0.4 is 11.1 Å². The van der Waals surface area contributed by atoms with Crippen LogP contribution in [0.25, 0.3) is 22.2 Å². The molecule has 0 unspecified atom stereocenters. The van der Waals surface area contributed by atoms with Crippen molar-refractivity contribution >= 4 is 40.0 Å². The molecule has 0 saturated heterocycles. The van der Waals surface area contributed by atoms with Gasteiger partial charge in [-0.1, -0.05) is 41.9 Å². The smallest absolute Gasteiger partial charge is 0.256 e. The highest BCUT2D eigenvalue weighted by atomic mass is 35.5. The number of aromatic nitrogens is 1. The largest absolute Gasteiger partial charge is 0.366 e. The van der Waals surface area contributed by atoms with Crippen molar-refractivity contribution in [3.05, 3.63) is 94.5 Å². The Labute approximate surface area is 178 Å². The molecule has 0 atom stereocenters. The van der Waals surface area contributed by atoms with E-state index in [0.29, 0.717) is 33.1 Å². The molecular weight excluding hydrogens is 398 g/mol. The molecule has 3 aromatic carbocycles. The van der Waals surface area contributed by atoms with Crippen molar-refractivity contribution < 1.29 is 9.59 Å². The normalized spacial score (nSPS) is 10.7. The van der Waals surface area contributed by atoms with E-state index in [1.807, 2.05) is 36.4 Å². The van der Waals surface area contributed by atoms with E-state index in [-0.39, 0.29) is 5.91 Å². The van der Waals surface area contributed by atoms with Gasteiger partial charge in [0.1, 0.15) is 0 Å². The number of carbonyl (C=O) groups is 2. The van der Waals surface area contributed by atoms with Crippen molar-refractivity contribution in [3.8, 4) is 11.3 Å². The molecule has 30 heavy (non-hydrogen) atoms. The Morgan fingerprint density at radius 3 is 2.37 bits per heavy atom. The Kier molecular flexibility index (Phi) is 5.21. The lowest BCUT2D eigenvalue weighted by molar-refractivity contribution is 0.0998. The Bertz CT molecular complexity index is 1280. The number of anilines is 1. The summed E-state index contributed by atoms with van der Waals surface area (Å²) in [5.41, 5.74) is 9.82. The topological polar surface area (TPSA) is 85.1 Å². The highest BCUT2D eigenvalue weighted by molar-refractivity contribution is 6.30. The molecule has 0 fully saturated rings. The summed E-state index contributed by atoms with van der Waals surface area (Å²) >= 11 is 6.00.